The van der Waals surface area contributed by atoms with Gasteiger partial charge in [0.25, 0.3) is 0 Å². The van der Waals surface area contributed by atoms with E-state index in [-0.39, 0.29) is 35.4 Å². The van der Waals surface area contributed by atoms with Crippen molar-refractivity contribution in [3.05, 3.63) is 59.8 Å². The van der Waals surface area contributed by atoms with Crippen molar-refractivity contribution in [3.8, 4) is 11.5 Å². The molecular formula is C19H17FN8O2. The highest BCUT2D eigenvalue weighted by Crippen LogP contribution is 2.29. The first-order valence-corrected chi connectivity index (χ1v) is 8.82. The van der Waals surface area contributed by atoms with Gasteiger partial charge in [-0.3, -0.25) is 5.32 Å². The number of nitrogen functional groups attached to an aromatic ring is 2. The lowest BCUT2D eigenvalue weighted by Gasteiger charge is -2.10. The molecule has 4 rings (SSSR count). The summed E-state index contributed by atoms with van der Waals surface area (Å²) >= 11 is 0. The number of aromatic nitrogens is 5. The number of imidazole rings is 1. The van der Waals surface area contributed by atoms with Crippen molar-refractivity contribution in [2.75, 3.05) is 23.9 Å². The highest BCUT2D eigenvalue weighted by atomic mass is 19.1. The molecule has 0 fully saturated rings. The average Bonchev–Trinajstić information content (AvgIpc) is 3.10. The van der Waals surface area contributed by atoms with Gasteiger partial charge in [0.05, 0.1) is 12.6 Å². The van der Waals surface area contributed by atoms with E-state index in [9.17, 15) is 9.18 Å². The molecule has 0 radical (unpaired) electrons. The molecule has 0 aliphatic heterocycles. The number of amides is 1. The van der Waals surface area contributed by atoms with E-state index in [0.29, 0.717) is 22.6 Å². The molecule has 0 unspecified atom stereocenters. The zero-order chi connectivity index (χ0) is 21.3. The molecule has 152 valence electrons. The van der Waals surface area contributed by atoms with Crippen LogP contribution in [0.15, 0.2) is 42.6 Å². The van der Waals surface area contributed by atoms with Crippen LogP contribution >= 0.6 is 0 Å². The number of nitrogens with zero attached hydrogens (tertiary/aromatic N) is 5. The molecule has 0 saturated carbocycles. The number of carbonyl (C=O) groups excluding carboxylic acids is 1. The Morgan fingerprint density at radius 2 is 1.87 bits per heavy atom. The van der Waals surface area contributed by atoms with E-state index >= 15 is 0 Å². The number of nitrogens with one attached hydrogen (secondary N) is 1. The van der Waals surface area contributed by atoms with Gasteiger partial charge in [-0.1, -0.05) is 18.2 Å². The molecular weight excluding hydrogens is 391 g/mol. The highest BCUT2D eigenvalue weighted by molar-refractivity contribution is 5.93. The van der Waals surface area contributed by atoms with E-state index in [1.807, 2.05) is 0 Å². The molecule has 4 aromatic rings. The number of methoxy groups -OCH3 is 1. The quantitative estimate of drug-likeness (QED) is 0.466. The Morgan fingerprint density at radius 1 is 1.13 bits per heavy atom. The molecule has 0 aliphatic rings. The van der Waals surface area contributed by atoms with Gasteiger partial charge in [0.2, 0.25) is 0 Å². The van der Waals surface area contributed by atoms with Crippen LogP contribution in [0.5, 0.6) is 0 Å². The van der Waals surface area contributed by atoms with Gasteiger partial charge in [-0.05, 0) is 23.8 Å². The lowest BCUT2D eigenvalue weighted by atomic mass is 10.1. The summed E-state index contributed by atoms with van der Waals surface area (Å²) in [7, 11) is 1.21. The van der Waals surface area contributed by atoms with Gasteiger partial charge in [0, 0.05) is 12.6 Å². The molecule has 1 amide bonds. The second-order valence-corrected chi connectivity index (χ2v) is 6.27. The number of rotatable bonds is 4. The fraction of sp³-hybridized carbons (Fsp3) is 0.105. The topological polar surface area (TPSA) is 146 Å². The number of carbonyl (C=O) groups is 1. The summed E-state index contributed by atoms with van der Waals surface area (Å²) in [6.07, 6.45) is 1.04. The summed E-state index contributed by atoms with van der Waals surface area (Å²) in [4.78, 5) is 24.5. The minimum absolute atomic E-state index is 0.0406. The second-order valence-electron chi connectivity index (χ2n) is 6.27. The summed E-state index contributed by atoms with van der Waals surface area (Å²) in [5.41, 5.74) is 13.4. The van der Waals surface area contributed by atoms with E-state index in [0.717, 1.165) is 0 Å². The fourth-order valence-corrected chi connectivity index (χ4v) is 2.97. The number of hydrogen-bond donors (Lipinski definition) is 3. The molecule has 10 nitrogen and oxygen atoms in total. The molecule has 11 heteroatoms. The number of fused-ring (bicyclic) bond motifs is 1. The maximum atomic E-state index is 14.1. The fourth-order valence-electron chi connectivity index (χ4n) is 2.97. The Hall–Kier alpha value is -4.28. The Balaban J connectivity index is 1.80. The lowest BCUT2D eigenvalue weighted by Crippen LogP contribution is -2.16. The number of anilines is 3. The van der Waals surface area contributed by atoms with Gasteiger partial charge in [0.1, 0.15) is 23.0 Å². The van der Waals surface area contributed by atoms with Crippen LogP contribution in [0, 0.1) is 5.82 Å². The molecule has 1 aromatic carbocycles. The first-order valence-electron chi connectivity index (χ1n) is 8.82. The summed E-state index contributed by atoms with van der Waals surface area (Å²) < 4.78 is 20.2. The molecule has 3 heterocycles. The van der Waals surface area contributed by atoms with E-state index in [1.165, 1.54) is 13.2 Å². The summed E-state index contributed by atoms with van der Waals surface area (Å²) in [6, 6.07) is 9.94. The van der Waals surface area contributed by atoms with E-state index < -0.39 is 6.09 Å². The summed E-state index contributed by atoms with van der Waals surface area (Å²) in [6.45, 7) is 0. The maximum Gasteiger partial charge on any atom is 0.411 e. The monoisotopic (exact) mass is 408 g/mol. The Labute approximate surface area is 169 Å². The van der Waals surface area contributed by atoms with Crippen LogP contribution in [0.2, 0.25) is 0 Å². The summed E-state index contributed by atoms with van der Waals surface area (Å²) in [5.74, 6) is 0.191. The molecule has 0 spiro atoms. The summed E-state index contributed by atoms with van der Waals surface area (Å²) in [5, 5.41) is 6.68. The van der Waals surface area contributed by atoms with Crippen LogP contribution in [0.25, 0.3) is 17.0 Å². The third-order valence-electron chi connectivity index (χ3n) is 4.37. The van der Waals surface area contributed by atoms with Crippen LogP contribution in [0.3, 0.4) is 0 Å². The van der Waals surface area contributed by atoms with Gasteiger partial charge in [-0.25, -0.2) is 28.7 Å². The van der Waals surface area contributed by atoms with E-state index in [2.05, 4.69) is 30.1 Å². The predicted octanol–water partition coefficient (Wildman–Crippen LogP) is 2.26. The SMILES string of the molecule is COC(=O)Nc1c(N)nc(-c2nc(Cc3ccccc3F)n3ncccc23)nc1N. The Kier molecular flexibility index (Phi) is 4.84. The standard InChI is InChI=1S/C19H17FN8O2/c1-30-19(29)25-15-16(21)26-18(27-17(15)22)14-12-7-4-8-23-28(12)13(24-14)9-10-5-2-3-6-11(10)20/h2-8H,9H2,1H3,(H,25,29)(H4,21,22,26,27). The molecule has 0 saturated heterocycles. The van der Waals surface area contributed by atoms with Crippen LogP contribution < -0.4 is 16.8 Å². The zero-order valence-electron chi connectivity index (χ0n) is 15.8. The molecule has 0 aliphatic carbocycles. The highest BCUT2D eigenvalue weighted by Gasteiger charge is 2.20. The zero-order valence-corrected chi connectivity index (χ0v) is 15.8. The number of hydrogen-bond acceptors (Lipinski definition) is 8. The normalized spacial score (nSPS) is 10.9. The largest absolute Gasteiger partial charge is 0.453 e. The van der Waals surface area contributed by atoms with Crippen LogP contribution in [0.4, 0.5) is 26.5 Å². The number of nitrogens with two attached hydrogens (primary N) is 2. The second kappa shape index (κ2) is 7.62. The average molecular weight is 408 g/mol. The van der Waals surface area contributed by atoms with Crippen LogP contribution in [-0.2, 0) is 11.2 Å². The minimum atomic E-state index is -0.756. The van der Waals surface area contributed by atoms with E-state index in [1.54, 1.807) is 41.0 Å². The lowest BCUT2D eigenvalue weighted by molar-refractivity contribution is 0.187. The van der Waals surface area contributed by atoms with Crippen molar-refractivity contribution >= 4 is 28.9 Å². The number of halogens is 1. The van der Waals surface area contributed by atoms with Crippen LogP contribution in [0.1, 0.15) is 11.4 Å². The van der Waals surface area contributed by atoms with Gasteiger partial charge in [-0.15, -0.1) is 0 Å². The van der Waals surface area contributed by atoms with Crippen molar-refractivity contribution in [1.82, 2.24) is 24.6 Å². The van der Waals surface area contributed by atoms with Crippen molar-refractivity contribution in [3.63, 3.8) is 0 Å². The molecule has 0 bridgehead atoms. The predicted molar refractivity (Wildman–Crippen MR) is 108 cm³/mol. The number of ether oxygens (including phenoxy) is 1. The third kappa shape index (κ3) is 3.43. The van der Waals surface area contributed by atoms with Crippen LogP contribution in [-0.4, -0.2) is 37.8 Å². The Bertz CT molecular complexity index is 1230. The molecule has 5 N–H and O–H groups in total. The van der Waals surface area contributed by atoms with Crippen molar-refractivity contribution in [2.24, 2.45) is 0 Å². The molecule has 0 atom stereocenters. The van der Waals surface area contributed by atoms with Crippen molar-refractivity contribution in [2.45, 2.75) is 6.42 Å². The number of benzene rings is 1. The van der Waals surface area contributed by atoms with Gasteiger partial charge >= 0.3 is 6.09 Å². The maximum absolute atomic E-state index is 14.1. The molecule has 30 heavy (non-hydrogen) atoms. The first-order chi connectivity index (χ1) is 14.5. The van der Waals surface area contributed by atoms with Crippen molar-refractivity contribution < 1.29 is 13.9 Å². The van der Waals surface area contributed by atoms with Gasteiger partial charge in [-0.2, -0.15) is 5.10 Å². The van der Waals surface area contributed by atoms with Gasteiger partial charge < -0.3 is 16.2 Å². The van der Waals surface area contributed by atoms with Gasteiger partial charge in [0.15, 0.2) is 17.5 Å². The molecule has 3 aromatic heterocycles. The minimum Gasteiger partial charge on any atom is -0.453 e. The van der Waals surface area contributed by atoms with E-state index in [4.69, 9.17) is 11.5 Å². The first kappa shape index (κ1) is 19.1. The van der Waals surface area contributed by atoms with Crippen molar-refractivity contribution in [1.29, 1.82) is 0 Å². The smallest absolute Gasteiger partial charge is 0.411 e. The third-order valence-corrected chi connectivity index (χ3v) is 4.37. The Morgan fingerprint density at radius 3 is 2.57 bits per heavy atom.